The molecule has 1 aromatic heterocycles. The van der Waals surface area contributed by atoms with Crippen molar-refractivity contribution in [3.8, 4) is 0 Å². The average Bonchev–Trinajstić information content (AvgIpc) is 3.12. The van der Waals surface area contributed by atoms with Crippen molar-refractivity contribution in [1.82, 2.24) is 15.3 Å². The van der Waals surface area contributed by atoms with Gasteiger partial charge in [-0.05, 0) is 39.0 Å². The van der Waals surface area contributed by atoms with Crippen LogP contribution in [0.25, 0.3) is 0 Å². The van der Waals surface area contributed by atoms with Crippen LogP contribution in [0.2, 0.25) is 0 Å². The van der Waals surface area contributed by atoms with Crippen LogP contribution in [0.3, 0.4) is 0 Å². The number of rotatable bonds is 5. The van der Waals surface area contributed by atoms with Gasteiger partial charge >= 0.3 is 0 Å². The minimum Gasteiger partial charge on any atom is -0.352 e. The molecule has 1 atom stereocenters. The van der Waals surface area contributed by atoms with Crippen molar-refractivity contribution in [1.29, 1.82) is 0 Å². The summed E-state index contributed by atoms with van der Waals surface area (Å²) in [5, 5.41) is 3.66. The Bertz CT molecular complexity index is 442. The van der Waals surface area contributed by atoms with E-state index in [1.807, 2.05) is 6.92 Å². The van der Waals surface area contributed by atoms with Crippen molar-refractivity contribution in [2.24, 2.45) is 0 Å². The molecule has 1 aliphatic carbocycles. The molecule has 4 nitrogen and oxygen atoms in total. The monoisotopic (exact) mass is 260 g/mol. The Hall–Kier alpha value is -1.16. The van der Waals surface area contributed by atoms with Crippen LogP contribution in [0, 0.1) is 6.92 Å². The van der Waals surface area contributed by atoms with Gasteiger partial charge in [0.15, 0.2) is 0 Å². The van der Waals surface area contributed by atoms with Gasteiger partial charge in [-0.1, -0.05) is 6.92 Å². The molecule has 1 N–H and O–H groups in total. The molecule has 19 heavy (non-hydrogen) atoms. The molecule has 0 spiro atoms. The van der Waals surface area contributed by atoms with Crippen molar-refractivity contribution in [3.05, 3.63) is 17.6 Å². The third-order valence-electron chi connectivity index (χ3n) is 4.13. The summed E-state index contributed by atoms with van der Waals surface area (Å²) < 4.78 is 0. The highest BCUT2D eigenvalue weighted by Gasteiger charge is 2.28. The van der Waals surface area contributed by atoms with Crippen LogP contribution in [-0.4, -0.2) is 35.1 Å². The van der Waals surface area contributed by atoms with Crippen LogP contribution in [-0.2, 0) is 6.42 Å². The van der Waals surface area contributed by atoms with Gasteiger partial charge in [0.25, 0.3) is 0 Å². The van der Waals surface area contributed by atoms with E-state index in [0.717, 1.165) is 42.9 Å². The molecule has 1 unspecified atom stereocenters. The number of nitrogens with one attached hydrogen (secondary N) is 1. The lowest BCUT2D eigenvalue weighted by Crippen LogP contribution is -2.39. The molecule has 1 aliphatic heterocycles. The molecule has 1 saturated heterocycles. The van der Waals surface area contributed by atoms with Crippen LogP contribution >= 0.6 is 0 Å². The van der Waals surface area contributed by atoms with Crippen LogP contribution in [0.4, 0.5) is 5.82 Å². The van der Waals surface area contributed by atoms with E-state index in [2.05, 4.69) is 33.2 Å². The number of aryl methyl sites for hydroxylation is 2. The molecule has 2 aliphatic rings. The maximum Gasteiger partial charge on any atom is 0.132 e. The molecule has 2 heterocycles. The number of anilines is 1. The van der Waals surface area contributed by atoms with Crippen molar-refractivity contribution >= 4 is 5.82 Å². The second-order valence-electron chi connectivity index (χ2n) is 5.79. The smallest absolute Gasteiger partial charge is 0.132 e. The third-order valence-corrected chi connectivity index (χ3v) is 4.13. The normalized spacial score (nSPS) is 23.1. The Kier molecular flexibility index (Phi) is 3.69. The topological polar surface area (TPSA) is 41.0 Å². The summed E-state index contributed by atoms with van der Waals surface area (Å²) in [5.74, 6) is 2.03. The van der Waals surface area contributed by atoms with Gasteiger partial charge in [-0.25, -0.2) is 9.97 Å². The molecule has 0 bridgehead atoms. The van der Waals surface area contributed by atoms with Crippen LogP contribution in [0.15, 0.2) is 6.07 Å². The van der Waals surface area contributed by atoms with Gasteiger partial charge in [0.05, 0.1) is 0 Å². The minimum absolute atomic E-state index is 0.611. The number of nitrogens with zero attached hydrogens (tertiary/aromatic N) is 3. The van der Waals surface area contributed by atoms with Gasteiger partial charge < -0.3 is 10.2 Å². The fourth-order valence-electron chi connectivity index (χ4n) is 2.88. The maximum atomic E-state index is 4.64. The van der Waals surface area contributed by atoms with E-state index in [4.69, 9.17) is 0 Å². The van der Waals surface area contributed by atoms with Crippen LogP contribution < -0.4 is 10.2 Å². The molecule has 0 amide bonds. The zero-order chi connectivity index (χ0) is 13.2. The van der Waals surface area contributed by atoms with E-state index in [-0.39, 0.29) is 0 Å². The summed E-state index contributed by atoms with van der Waals surface area (Å²) in [7, 11) is 0. The molecule has 3 rings (SSSR count). The largest absolute Gasteiger partial charge is 0.352 e. The Morgan fingerprint density at radius 3 is 2.89 bits per heavy atom. The molecule has 1 aromatic rings. The van der Waals surface area contributed by atoms with Gasteiger partial charge in [0.2, 0.25) is 0 Å². The zero-order valence-corrected chi connectivity index (χ0v) is 12.0. The minimum atomic E-state index is 0.611. The van der Waals surface area contributed by atoms with Crippen molar-refractivity contribution in [2.45, 2.75) is 58.0 Å². The molecular formula is C15H24N4. The molecule has 0 aromatic carbocycles. The van der Waals surface area contributed by atoms with Gasteiger partial charge in [-0.3, -0.25) is 0 Å². The second kappa shape index (κ2) is 5.45. The second-order valence-corrected chi connectivity index (χ2v) is 5.79. The van der Waals surface area contributed by atoms with Crippen molar-refractivity contribution in [3.63, 3.8) is 0 Å². The number of aromatic nitrogens is 2. The van der Waals surface area contributed by atoms with E-state index in [1.54, 1.807) is 0 Å². The Balaban J connectivity index is 1.73. The van der Waals surface area contributed by atoms with Crippen LogP contribution in [0.5, 0.6) is 0 Å². The maximum absolute atomic E-state index is 4.64. The number of hydrogen-bond donors (Lipinski definition) is 1. The van der Waals surface area contributed by atoms with Gasteiger partial charge in [0, 0.05) is 36.9 Å². The first-order chi connectivity index (χ1) is 9.26. The van der Waals surface area contributed by atoms with E-state index >= 15 is 0 Å². The summed E-state index contributed by atoms with van der Waals surface area (Å²) in [4.78, 5) is 11.6. The van der Waals surface area contributed by atoms with Crippen molar-refractivity contribution in [2.75, 3.05) is 18.0 Å². The first kappa shape index (κ1) is 12.9. The predicted molar refractivity (Wildman–Crippen MR) is 77.5 cm³/mol. The highest BCUT2D eigenvalue weighted by atomic mass is 15.3. The average molecular weight is 260 g/mol. The first-order valence-corrected chi connectivity index (χ1v) is 7.61. The molecule has 1 saturated carbocycles. The lowest BCUT2D eigenvalue weighted by Gasteiger charge is -2.26. The van der Waals surface area contributed by atoms with Gasteiger partial charge in [-0.2, -0.15) is 0 Å². The van der Waals surface area contributed by atoms with Gasteiger partial charge in [0.1, 0.15) is 11.6 Å². The highest BCUT2D eigenvalue weighted by molar-refractivity contribution is 5.42. The standard InChI is InChI=1S/C15H24N4/c1-3-12-9-15(18-11(2)17-12)19-8-4-5-14(19)10-16-13-6-7-13/h9,13-14,16H,3-8,10H2,1-2H3. The number of hydrogen-bond acceptors (Lipinski definition) is 4. The van der Waals surface area contributed by atoms with E-state index in [0.29, 0.717) is 6.04 Å². The Morgan fingerprint density at radius 1 is 1.32 bits per heavy atom. The van der Waals surface area contributed by atoms with Crippen molar-refractivity contribution < 1.29 is 0 Å². The fraction of sp³-hybridized carbons (Fsp3) is 0.733. The molecule has 2 fully saturated rings. The van der Waals surface area contributed by atoms with E-state index < -0.39 is 0 Å². The highest BCUT2D eigenvalue weighted by Crippen LogP contribution is 2.25. The van der Waals surface area contributed by atoms with E-state index in [1.165, 1.54) is 25.7 Å². The summed E-state index contributed by atoms with van der Waals surface area (Å²) in [6.45, 7) is 6.39. The Morgan fingerprint density at radius 2 is 2.16 bits per heavy atom. The SMILES string of the molecule is CCc1cc(N2CCCC2CNC2CC2)nc(C)n1. The predicted octanol–water partition coefficient (Wildman–Crippen LogP) is 2.07. The lowest BCUT2D eigenvalue weighted by atomic mass is 10.2. The molecule has 0 radical (unpaired) electrons. The van der Waals surface area contributed by atoms with E-state index in [9.17, 15) is 0 Å². The van der Waals surface area contributed by atoms with Gasteiger partial charge in [-0.15, -0.1) is 0 Å². The summed E-state index contributed by atoms with van der Waals surface area (Å²) in [6, 6.07) is 3.57. The molecule has 104 valence electrons. The first-order valence-electron chi connectivity index (χ1n) is 7.61. The van der Waals surface area contributed by atoms with Crippen LogP contribution in [0.1, 0.15) is 44.1 Å². The summed E-state index contributed by atoms with van der Waals surface area (Å²) >= 11 is 0. The quantitative estimate of drug-likeness (QED) is 0.880. The summed E-state index contributed by atoms with van der Waals surface area (Å²) in [5.41, 5.74) is 1.16. The Labute approximate surface area is 115 Å². The zero-order valence-electron chi connectivity index (χ0n) is 12.0. The molecule has 4 heteroatoms. The molecular weight excluding hydrogens is 236 g/mol. The third kappa shape index (κ3) is 3.06. The summed E-state index contributed by atoms with van der Waals surface area (Å²) in [6.07, 6.45) is 6.26. The lowest BCUT2D eigenvalue weighted by molar-refractivity contribution is 0.568. The fourth-order valence-corrected chi connectivity index (χ4v) is 2.88.